The van der Waals surface area contributed by atoms with Gasteiger partial charge >= 0.3 is 5.97 Å². The first-order chi connectivity index (χ1) is 10.1. The second-order valence-corrected chi connectivity index (χ2v) is 5.35. The molecule has 0 bridgehead atoms. The van der Waals surface area contributed by atoms with Crippen molar-refractivity contribution in [1.29, 1.82) is 0 Å². The molecule has 1 aromatic heterocycles. The van der Waals surface area contributed by atoms with Crippen LogP contribution in [0.1, 0.15) is 45.7 Å². The molecule has 1 aromatic carbocycles. The van der Waals surface area contributed by atoms with Gasteiger partial charge in [0, 0.05) is 34.3 Å². The molecule has 0 atom stereocenters. The van der Waals surface area contributed by atoms with Crippen molar-refractivity contribution in [3.8, 4) is 0 Å². The minimum Gasteiger partial charge on any atom is -0.463 e. The van der Waals surface area contributed by atoms with Gasteiger partial charge in [-0.1, -0.05) is 25.1 Å². The van der Waals surface area contributed by atoms with Crippen LogP contribution in [0.5, 0.6) is 0 Å². The highest BCUT2D eigenvalue weighted by Gasteiger charge is 2.12. The maximum Gasteiger partial charge on any atom is 0.333 e. The third-order valence-electron chi connectivity index (χ3n) is 3.58. The number of ether oxygens (including phenoxy) is 1. The summed E-state index contributed by atoms with van der Waals surface area (Å²) < 4.78 is 7.36. The maximum atomic E-state index is 12.0. The molecule has 0 N–H and O–H groups in total. The molecule has 0 amide bonds. The van der Waals surface area contributed by atoms with Crippen LogP contribution in [0.25, 0.3) is 17.0 Å². The van der Waals surface area contributed by atoms with Gasteiger partial charge in [-0.25, -0.2) is 4.79 Å². The van der Waals surface area contributed by atoms with E-state index in [0.717, 1.165) is 5.56 Å². The lowest BCUT2D eigenvalue weighted by molar-refractivity contribution is -0.138. The average Bonchev–Trinajstić information content (AvgIpc) is 2.84. The van der Waals surface area contributed by atoms with Gasteiger partial charge in [0.15, 0.2) is 0 Å². The summed E-state index contributed by atoms with van der Waals surface area (Å²) in [6, 6.07) is 8.66. The number of rotatable bonds is 5. The fraction of sp³-hybridized carbons (Fsp3) is 0.389. The maximum absolute atomic E-state index is 12.0. The first-order valence-corrected chi connectivity index (χ1v) is 7.55. The summed E-state index contributed by atoms with van der Waals surface area (Å²) >= 11 is 0. The van der Waals surface area contributed by atoms with Gasteiger partial charge in [0.1, 0.15) is 0 Å². The molecule has 0 radical (unpaired) electrons. The van der Waals surface area contributed by atoms with E-state index in [1.54, 1.807) is 0 Å². The molecule has 0 saturated heterocycles. The van der Waals surface area contributed by atoms with Crippen LogP contribution in [0.3, 0.4) is 0 Å². The summed E-state index contributed by atoms with van der Waals surface area (Å²) in [4.78, 5) is 12.0. The summed E-state index contributed by atoms with van der Waals surface area (Å²) in [5.41, 5.74) is 2.98. The molecule has 0 saturated carbocycles. The van der Waals surface area contributed by atoms with Crippen molar-refractivity contribution in [2.75, 3.05) is 6.61 Å². The van der Waals surface area contributed by atoms with Crippen LogP contribution in [0, 0.1) is 0 Å². The van der Waals surface area contributed by atoms with Crippen molar-refractivity contribution in [2.24, 2.45) is 0 Å². The highest BCUT2D eigenvalue weighted by atomic mass is 16.5. The predicted octanol–water partition coefficient (Wildman–Crippen LogP) is 4.58. The normalized spacial score (nSPS) is 12.1. The van der Waals surface area contributed by atoms with E-state index in [1.165, 1.54) is 10.9 Å². The quantitative estimate of drug-likeness (QED) is 0.595. The molecular formula is C18H23NO2. The second kappa shape index (κ2) is 6.61. The summed E-state index contributed by atoms with van der Waals surface area (Å²) in [5, 5.41) is 1.17. The minimum absolute atomic E-state index is 0.221. The van der Waals surface area contributed by atoms with E-state index in [1.807, 2.05) is 32.1 Å². The molecule has 0 aliphatic rings. The summed E-state index contributed by atoms with van der Waals surface area (Å²) in [6.45, 7) is 8.53. The van der Waals surface area contributed by atoms with Gasteiger partial charge in [0.2, 0.25) is 0 Å². The van der Waals surface area contributed by atoms with Crippen LogP contribution in [0.2, 0.25) is 0 Å². The molecule has 0 aliphatic heterocycles. The topological polar surface area (TPSA) is 31.2 Å². The smallest absolute Gasteiger partial charge is 0.333 e. The largest absolute Gasteiger partial charge is 0.463 e. The van der Waals surface area contributed by atoms with E-state index < -0.39 is 0 Å². The van der Waals surface area contributed by atoms with Crippen molar-refractivity contribution in [2.45, 2.75) is 40.2 Å². The van der Waals surface area contributed by atoms with E-state index in [9.17, 15) is 4.79 Å². The lowest BCUT2D eigenvalue weighted by atomic mass is 10.1. The summed E-state index contributed by atoms with van der Waals surface area (Å²) in [6.07, 6.45) is 4.74. The third kappa shape index (κ3) is 3.18. The first kappa shape index (κ1) is 15.4. The zero-order valence-corrected chi connectivity index (χ0v) is 13.2. The number of carbonyl (C=O) groups is 1. The van der Waals surface area contributed by atoms with Crippen LogP contribution < -0.4 is 0 Å². The Morgan fingerprint density at radius 1 is 1.29 bits per heavy atom. The molecule has 3 nitrogen and oxygen atoms in total. The molecule has 2 aromatic rings. The van der Waals surface area contributed by atoms with Crippen molar-refractivity contribution in [3.05, 3.63) is 41.6 Å². The van der Waals surface area contributed by atoms with Gasteiger partial charge in [0.25, 0.3) is 0 Å². The Bertz CT molecular complexity index is 665. The van der Waals surface area contributed by atoms with Gasteiger partial charge in [-0.05, 0) is 39.3 Å². The zero-order valence-electron chi connectivity index (χ0n) is 13.2. The average molecular weight is 285 g/mol. The number of carbonyl (C=O) groups excluding carboxylic acids is 1. The Labute approximate surface area is 126 Å². The van der Waals surface area contributed by atoms with E-state index in [-0.39, 0.29) is 5.97 Å². The Balaban J connectivity index is 2.53. The van der Waals surface area contributed by atoms with Crippen LogP contribution in [0.15, 0.2) is 36.0 Å². The minimum atomic E-state index is -0.221. The van der Waals surface area contributed by atoms with Crippen molar-refractivity contribution < 1.29 is 9.53 Å². The molecule has 0 spiro atoms. The highest BCUT2D eigenvalue weighted by Crippen LogP contribution is 2.27. The van der Waals surface area contributed by atoms with E-state index in [2.05, 4.69) is 36.7 Å². The number of esters is 1. The molecule has 21 heavy (non-hydrogen) atoms. The van der Waals surface area contributed by atoms with Gasteiger partial charge in [-0.15, -0.1) is 0 Å². The monoisotopic (exact) mass is 285 g/mol. The number of aromatic nitrogens is 1. The number of para-hydroxylation sites is 1. The Morgan fingerprint density at radius 2 is 2.00 bits per heavy atom. The molecule has 1 heterocycles. The van der Waals surface area contributed by atoms with Crippen molar-refractivity contribution in [1.82, 2.24) is 4.57 Å². The second-order valence-electron chi connectivity index (χ2n) is 5.35. The number of hydrogen-bond donors (Lipinski definition) is 0. The molecule has 112 valence electrons. The van der Waals surface area contributed by atoms with Crippen LogP contribution in [-0.4, -0.2) is 17.1 Å². The standard InChI is InChI=1S/C18H23NO2/c1-5-14(18(20)21-6-2)11-15-12-19(13(3)4)17-10-8-7-9-16(15)17/h7-13H,5-6H2,1-4H3/b14-11+. The molecule has 2 rings (SSSR count). The SMILES string of the molecule is CCOC(=O)/C(=C/c1cn(C(C)C)c2ccccc12)CC. The molecule has 0 aliphatic carbocycles. The van der Waals surface area contributed by atoms with Gasteiger partial charge in [-0.3, -0.25) is 0 Å². The van der Waals surface area contributed by atoms with E-state index in [0.29, 0.717) is 24.6 Å². The third-order valence-corrected chi connectivity index (χ3v) is 3.58. The molecule has 0 fully saturated rings. The lowest BCUT2D eigenvalue weighted by Gasteiger charge is -2.08. The Morgan fingerprint density at radius 3 is 2.62 bits per heavy atom. The lowest BCUT2D eigenvalue weighted by Crippen LogP contribution is -2.06. The number of nitrogens with zero attached hydrogens (tertiary/aromatic N) is 1. The zero-order chi connectivity index (χ0) is 15.4. The fourth-order valence-corrected chi connectivity index (χ4v) is 2.49. The fourth-order valence-electron chi connectivity index (χ4n) is 2.49. The Kier molecular flexibility index (Phi) is 4.84. The predicted molar refractivity (Wildman–Crippen MR) is 87.2 cm³/mol. The van der Waals surface area contributed by atoms with E-state index >= 15 is 0 Å². The van der Waals surface area contributed by atoms with E-state index in [4.69, 9.17) is 4.74 Å². The molecular weight excluding hydrogens is 262 g/mol. The highest BCUT2D eigenvalue weighted by molar-refractivity contribution is 5.98. The van der Waals surface area contributed by atoms with Crippen LogP contribution in [-0.2, 0) is 9.53 Å². The van der Waals surface area contributed by atoms with Crippen molar-refractivity contribution >= 4 is 22.9 Å². The van der Waals surface area contributed by atoms with Gasteiger partial charge in [-0.2, -0.15) is 0 Å². The van der Waals surface area contributed by atoms with Gasteiger partial charge < -0.3 is 9.30 Å². The molecule has 3 heteroatoms. The number of hydrogen-bond acceptors (Lipinski definition) is 2. The Hall–Kier alpha value is -2.03. The summed E-state index contributed by atoms with van der Waals surface area (Å²) in [7, 11) is 0. The molecule has 0 unspecified atom stereocenters. The first-order valence-electron chi connectivity index (χ1n) is 7.55. The number of fused-ring (bicyclic) bond motifs is 1. The number of benzene rings is 1. The van der Waals surface area contributed by atoms with Crippen LogP contribution in [0.4, 0.5) is 0 Å². The van der Waals surface area contributed by atoms with Crippen molar-refractivity contribution in [3.63, 3.8) is 0 Å². The van der Waals surface area contributed by atoms with Crippen LogP contribution >= 0.6 is 0 Å². The summed E-state index contributed by atoms with van der Waals surface area (Å²) in [5.74, 6) is -0.221. The van der Waals surface area contributed by atoms with Gasteiger partial charge in [0.05, 0.1) is 6.61 Å².